The van der Waals surface area contributed by atoms with Crippen molar-refractivity contribution in [3.63, 3.8) is 0 Å². The fraction of sp³-hybridized carbons (Fsp3) is 0.444. The Kier molecular flexibility index (Phi) is 7.70. The normalized spacial score (nSPS) is 19.7. The van der Waals surface area contributed by atoms with E-state index in [9.17, 15) is 19.5 Å². The summed E-state index contributed by atoms with van der Waals surface area (Å²) in [5, 5.41) is 12.1. The molecule has 2 amide bonds. The molecule has 0 aromatic heterocycles. The highest BCUT2D eigenvalue weighted by Gasteiger charge is 2.40. The lowest BCUT2D eigenvalue weighted by Crippen LogP contribution is -2.32. The van der Waals surface area contributed by atoms with Crippen LogP contribution in [0, 0.1) is 11.8 Å². The highest BCUT2D eigenvalue weighted by molar-refractivity contribution is 5.80. The zero-order valence-corrected chi connectivity index (χ0v) is 20.1. The lowest BCUT2D eigenvalue weighted by molar-refractivity contribution is -0.144. The first kappa shape index (κ1) is 24.7. The van der Waals surface area contributed by atoms with E-state index >= 15 is 0 Å². The van der Waals surface area contributed by atoms with Crippen LogP contribution >= 0.6 is 0 Å². The second-order valence-electron chi connectivity index (χ2n) is 9.37. The first-order valence-electron chi connectivity index (χ1n) is 12.0. The summed E-state index contributed by atoms with van der Waals surface area (Å²) in [6, 6.07) is 16.4. The van der Waals surface area contributed by atoms with E-state index < -0.39 is 24.1 Å². The molecule has 1 aliphatic heterocycles. The van der Waals surface area contributed by atoms with Gasteiger partial charge in [0.15, 0.2) is 0 Å². The SMILES string of the molecule is COC1CN(C(=O)CC(C)CCNC(=O)OCC2c3ccccc3-c3ccccc32)CC1C(=O)O. The fourth-order valence-corrected chi connectivity index (χ4v) is 5.05. The quantitative estimate of drug-likeness (QED) is 0.569. The first-order valence-corrected chi connectivity index (χ1v) is 12.0. The number of carbonyl (C=O) groups excluding carboxylic acids is 2. The monoisotopic (exact) mass is 480 g/mol. The highest BCUT2D eigenvalue weighted by atomic mass is 16.5. The van der Waals surface area contributed by atoms with E-state index in [1.165, 1.54) is 18.2 Å². The van der Waals surface area contributed by atoms with Gasteiger partial charge in [-0.25, -0.2) is 4.79 Å². The van der Waals surface area contributed by atoms with E-state index in [1.807, 2.05) is 31.2 Å². The molecule has 1 saturated heterocycles. The molecule has 0 radical (unpaired) electrons. The van der Waals surface area contributed by atoms with Crippen molar-refractivity contribution in [3.8, 4) is 11.1 Å². The summed E-state index contributed by atoms with van der Waals surface area (Å²) in [6.45, 7) is 3.04. The van der Waals surface area contributed by atoms with Gasteiger partial charge in [-0.2, -0.15) is 0 Å². The van der Waals surface area contributed by atoms with E-state index in [1.54, 1.807) is 4.90 Å². The first-order chi connectivity index (χ1) is 16.9. The Hall–Kier alpha value is -3.39. The van der Waals surface area contributed by atoms with Crippen LogP contribution in [0.5, 0.6) is 0 Å². The van der Waals surface area contributed by atoms with Crippen molar-refractivity contribution in [2.45, 2.75) is 31.8 Å². The van der Waals surface area contributed by atoms with E-state index in [0.29, 0.717) is 13.0 Å². The maximum Gasteiger partial charge on any atom is 0.407 e. The molecule has 2 aliphatic rings. The molecule has 8 heteroatoms. The summed E-state index contributed by atoms with van der Waals surface area (Å²) in [4.78, 5) is 37.8. The lowest BCUT2D eigenvalue weighted by atomic mass is 9.98. The predicted octanol–water partition coefficient (Wildman–Crippen LogP) is 3.50. The molecule has 8 nitrogen and oxygen atoms in total. The molecule has 2 aromatic rings. The number of fused-ring (bicyclic) bond motifs is 3. The molecule has 3 atom stereocenters. The van der Waals surface area contributed by atoms with Gasteiger partial charge in [0.1, 0.15) is 12.5 Å². The van der Waals surface area contributed by atoms with Gasteiger partial charge >= 0.3 is 12.1 Å². The molecular formula is C27H32N2O6. The summed E-state index contributed by atoms with van der Waals surface area (Å²) in [5.41, 5.74) is 4.69. The number of carboxylic acid groups (broad SMARTS) is 1. The minimum absolute atomic E-state index is 0.00992. The average molecular weight is 481 g/mol. The molecule has 35 heavy (non-hydrogen) atoms. The zero-order valence-electron chi connectivity index (χ0n) is 20.1. The molecule has 186 valence electrons. The second-order valence-corrected chi connectivity index (χ2v) is 9.37. The number of rotatable bonds is 9. The number of carbonyl (C=O) groups is 3. The number of hydrogen-bond donors (Lipinski definition) is 2. The Morgan fingerprint density at radius 2 is 1.69 bits per heavy atom. The number of alkyl carbamates (subject to hydrolysis) is 1. The standard InChI is InChI=1S/C27H32N2O6/c1-17(13-25(30)29-14-22(26(31)32)24(15-29)34-2)11-12-28-27(33)35-16-23-20-9-5-3-7-18(20)19-8-4-6-10-21(19)23/h3-10,17,22-24H,11-16H2,1-2H3,(H,28,33)(H,31,32). The molecule has 3 unspecified atom stereocenters. The third kappa shape index (κ3) is 5.48. The molecule has 2 N–H and O–H groups in total. The Morgan fingerprint density at radius 1 is 1.06 bits per heavy atom. The number of aliphatic carboxylic acids is 1. The Balaban J connectivity index is 1.20. The molecule has 0 bridgehead atoms. The van der Waals surface area contributed by atoms with Crippen LogP contribution in [0.2, 0.25) is 0 Å². The average Bonchev–Trinajstić information content (AvgIpc) is 3.43. The summed E-state index contributed by atoms with van der Waals surface area (Å²) in [6.07, 6.45) is -0.0613. The number of methoxy groups -OCH3 is 1. The molecule has 1 fully saturated rings. The summed E-state index contributed by atoms with van der Waals surface area (Å²) < 4.78 is 10.8. The number of hydrogen-bond acceptors (Lipinski definition) is 5. The van der Waals surface area contributed by atoms with Gasteiger partial charge in [-0.3, -0.25) is 9.59 Å². The van der Waals surface area contributed by atoms with Crippen LogP contribution < -0.4 is 5.32 Å². The van der Waals surface area contributed by atoms with Gasteiger partial charge in [0.25, 0.3) is 0 Å². The maximum atomic E-state index is 12.6. The van der Waals surface area contributed by atoms with Gasteiger partial charge in [-0.1, -0.05) is 55.5 Å². The van der Waals surface area contributed by atoms with Gasteiger partial charge in [0.2, 0.25) is 5.91 Å². The summed E-state index contributed by atoms with van der Waals surface area (Å²) in [5.74, 6) is -1.71. The third-order valence-electron chi connectivity index (χ3n) is 7.01. The van der Waals surface area contributed by atoms with E-state index in [2.05, 4.69) is 29.6 Å². The smallest absolute Gasteiger partial charge is 0.407 e. The summed E-state index contributed by atoms with van der Waals surface area (Å²) in [7, 11) is 1.46. The Labute approximate surface area is 205 Å². The van der Waals surface area contributed by atoms with Crippen molar-refractivity contribution < 1.29 is 29.0 Å². The van der Waals surface area contributed by atoms with Gasteiger partial charge in [-0.05, 0) is 34.6 Å². The van der Waals surface area contributed by atoms with Gasteiger partial charge in [-0.15, -0.1) is 0 Å². The van der Waals surface area contributed by atoms with Gasteiger partial charge < -0.3 is 24.8 Å². The van der Waals surface area contributed by atoms with Crippen molar-refractivity contribution >= 4 is 18.0 Å². The highest BCUT2D eigenvalue weighted by Crippen LogP contribution is 2.44. The molecular weight excluding hydrogens is 448 g/mol. The van der Waals surface area contributed by atoms with Crippen molar-refractivity contribution in [1.82, 2.24) is 10.2 Å². The number of amides is 2. The Morgan fingerprint density at radius 3 is 2.26 bits per heavy atom. The van der Waals surface area contributed by atoms with E-state index in [-0.39, 0.29) is 43.9 Å². The van der Waals surface area contributed by atoms with Crippen LogP contribution in [0.25, 0.3) is 11.1 Å². The van der Waals surface area contributed by atoms with Crippen LogP contribution in [0.15, 0.2) is 48.5 Å². The van der Waals surface area contributed by atoms with Crippen LogP contribution in [0.1, 0.15) is 36.8 Å². The fourth-order valence-electron chi connectivity index (χ4n) is 5.05. The Bertz CT molecular complexity index is 1040. The van der Waals surface area contributed by atoms with Gasteiger partial charge in [0.05, 0.1) is 6.10 Å². The van der Waals surface area contributed by atoms with E-state index in [0.717, 1.165) is 11.1 Å². The minimum Gasteiger partial charge on any atom is -0.481 e. The van der Waals surface area contributed by atoms with Crippen molar-refractivity contribution in [2.24, 2.45) is 11.8 Å². The third-order valence-corrected chi connectivity index (χ3v) is 7.01. The lowest BCUT2D eigenvalue weighted by Gasteiger charge is -2.19. The largest absolute Gasteiger partial charge is 0.481 e. The molecule has 0 spiro atoms. The minimum atomic E-state index is -0.951. The summed E-state index contributed by atoms with van der Waals surface area (Å²) >= 11 is 0. The molecule has 0 saturated carbocycles. The van der Waals surface area contributed by atoms with Crippen LogP contribution in [0.3, 0.4) is 0 Å². The van der Waals surface area contributed by atoms with Crippen LogP contribution in [-0.2, 0) is 19.1 Å². The molecule has 1 heterocycles. The van der Waals surface area contributed by atoms with Crippen molar-refractivity contribution in [3.05, 3.63) is 59.7 Å². The number of ether oxygens (including phenoxy) is 2. The van der Waals surface area contributed by atoms with Crippen molar-refractivity contribution in [1.29, 1.82) is 0 Å². The maximum absolute atomic E-state index is 12.6. The van der Waals surface area contributed by atoms with Gasteiger partial charge in [0, 0.05) is 39.1 Å². The number of likely N-dealkylation sites (tertiary alicyclic amines) is 1. The molecule has 4 rings (SSSR count). The number of nitrogens with zero attached hydrogens (tertiary/aromatic N) is 1. The second kappa shape index (κ2) is 10.9. The number of carboxylic acids is 1. The molecule has 1 aliphatic carbocycles. The molecule has 2 aromatic carbocycles. The predicted molar refractivity (Wildman–Crippen MR) is 130 cm³/mol. The van der Waals surface area contributed by atoms with Crippen molar-refractivity contribution in [2.75, 3.05) is 33.4 Å². The van der Waals surface area contributed by atoms with Crippen LogP contribution in [0.4, 0.5) is 4.79 Å². The van der Waals surface area contributed by atoms with Crippen LogP contribution in [-0.4, -0.2) is 67.4 Å². The van der Waals surface area contributed by atoms with E-state index in [4.69, 9.17) is 9.47 Å². The number of nitrogens with one attached hydrogen (secondary N) is 1. The number of benzene rings is 2. The topological polar surface area (TPSA) is 105 Å². The zero-order chi connectivity index (χ0) is 24.9.